The molecule has 426 valence electrons. The van der Waals surface area contributed by atoms with Crippen molar-refractivity contribution in [2.75, 3.05) is 47.5 Å². The van der Waals surface area contributed by atoms with Gasteiger partial charge in [0.1, 0.15) is 19.8 Å². The summed E-state index contributed by atoms with van der Waals surface area (Å²) < 4.78 is 34.6. The smallest absolute Gasteiger partial charge is 0.462 e. The Morgan fingerprint density at radius 2 is 0.750 bits per heavy atom. The zero-order valence-corrected chi connectivity index (χ0v) is 49.3. The van der Waals surface area contributed by atoms with Crippen molar-refractivity contribution in [2.24, 2.45) is 0 Å². The Bertz CT molecular complexity index is 1270. The third kappa shape index (κ3) is 57.8. The lowest BCUT2D eigenvalue weighted by Crippen LogP contribution is -2.37. The molecule has 0 aromatic carbocycles. The topological polar surface area (TPSA) is 108 Å². The number of quaternary nitrogens is 1. The minimum atomic E-state index is -4.38. The van der Waals surface area contributed by atoms with E-state index in [-0.39, 0.29) is 25.6 Å². The van der Waals surface area contributed by atoms with Crippen molar-refractivity contribution in [1.82, 2.24) is 0 Å². The van der Waals surface area contributed by atoms with Crippen LogP contribution in [0.1, 0.15) is 309 Å². The van der Waals surface area contributed by atoms with Crippen molar-refractivity contribution in [3.05, 3.63) is 24.3 Å². The highest BCUT2D eigenvalue weighted by Gasteiger charge is 2.27. The van der Waals surface area contributed by atoms with Crippen LogP contribution >= 0.6 is 7.82 Å². The fourth-order valence-electron chi connectivity index (χ4n) is 9.17. The van der Waals surface area contributed by atoms with E-state index in [1.165, 1.54) is 231 Å². The number of carbonyl (C=O) groups excluding carboxylic acids is 2. The van der Waals surface area contributed by atoms with Crippen LogP contribution in [-0.4, -0.2) is 74.9 Å². The van der Waals surface area contributed by atoms with Crippen LogP contribution in [-0.2, 0) is 32.7 Å². The largest absolute Gasteiger partial charge is 0.472 e. The lowest BCUT2D eigenvalue weighted by atomic mass is 10.0. The Labute approximate surface area is 447 Å². The fourth-order valence-corrected chi connectivity index (χ4v) is 9.91. The maximum absolute atomic E-state index is 12.8. The molecule has 2 atom stereocenters. The predicted molar refractivity (Wildman–Crippen MR) is 307 cm³/mol. The average molecular weight is 1040 g/mol. The minimum absolute atomic E-state index is 0.0333. The second kappa shape index (κ2) is 54.3. The summed E-state index contributed by atoms with van der Waals surface area (Å²) in [6.07, 6.45) is 65.4. The van der Waals surface area contributed by atoms with Gasteiger partial charge in [0, 0.05) is 12.8 Å². The van der Waals surface area contributed by atoms with Crippen molar-refractivity contribution >= 4 is 19.8 Å². The molecule has 0 aromatic rings. The molecular formula is C62H121NO8P+. The predicted octanol–water partition coefficient (Wildman–Crippen LogP) is 19.4. The zero-order chi connectivity index (χ0) is 52.7. The van der Waals surface area contributed by atoms with E-state index in [9.17, 15) is 19.0 Å². The third-order valence-corrected chi connectivity index (χ3v) is 15.0. The number of allylic oxidation sites excluding steroid dienone is 4. The van der Waals surface area contributed by atoms with Crippen LogP contribution in [0.2, 0.25) is 0 Å². The van der Waals surface area contributed by atoms with Gasteiger partial charge in [-0.2, -0.15) is 0 Å². The molecule has 0 aliphatic carbocycles. The lowest BCUT2D eigenvalue weighted by molar-refractivity contribution is -0.870. The summed E-state index contributed by atoms with van der Waals surface area (Å²) in [6.45, 7) is 4.48. The molecule has 0 amide bonds. The van der Waals surface area contributed by atoms with Crippen LogP contribution in [0, 0.1) is 0 Å². The number of rotatable bonds is 58. The number of phosphoric ester groups is 1. The molecule has 9 nitrogen and oxygen atoms in total. The van der Waals surface area contributed by atoms with Crippen molar-refractivity contribution in [1.29, 1.82) is 0 Å². The lowest BCUT2D eigenvalue weighted by Gasteiger charge is -2.24. The summed E-state index contributed by atoms with van der Waals surface area (Å²) in [5.74, 6) is -0.785. The van der Waals surface area contributed by atoms with E-state index in [1.807, 2.05) is 21.1 Å². The Hall–Kier alpha value is -1.51. The highest BCUT2D eigenvalue weighted by molar-refractivity contribution is 7.47. The molecule has 0 fully saturated rings. The summed E-state index contributed by atoms with van der Waals surface area (Å²) in [4.78, 5) is 35.7. The summed E-state index contributed by atoms with van der Waals surface area (Å²) in [6, 6.07) is 0. The van der Waals surface area contributed by atoms with Gasteiger partial charge in [0.05, 0.1) is 27.7 Å². The van der Waals surface area contributed by atoms with E-state index >= 15 is 0 Å². The monoisotopic (exact) mass is 1040 g/mol. The first-order valence-electron chi connectivity index (χ1n) is 31.1. The molecule has 0 saturated heterocycles. The Morgan fingerprint density at radius 1 is 0.431 bits per heavy atom. The van der Waals surface area contributed by atoms with Crippen LogP contribution < -0.4 is 0 Å². The maximum Gasteiger partial charge on any atom is 0.472 e. The summed E-state index contributed by atoms with van der Waals surface area (Å²) in [7, 11) is 1.49. The van der Waals surface area contributed by atoms with E-state index in [0.29, 0.717) is 23.9 Å². The number of carbonyl (C=O) groups is 2. The second-order valence-electron chi connectivity index (χ2n) is 22.5. The van der Waals surface area contributed by atoms with E-state index in [2.05, 4.69) is 38.2 Å². The molecule has 0 saturated carbocycles. The Morgan fingerprint density at radius 3 is 1.10 bits per heavy atom. The van der Waals surface area contributed by atoms with Crippen LogP contribution in [0.15, 0.2) is 24.3 Å². The second-order valence-corrected chi connectivity index (χ2v) is 23.9. The maximum atomic E-state index is 12.8. The van der Waals surface area contributed by atoms with Gasteiger partial charge in [-0.25, -0.2) is 4.57 Å². The quantitative estimate of drug-likeness (QED) is 0.0211. The van der Waals surface area contributed by atoms with Crippen molar-refractivity contribution < 1.29 is 42.1 Å². The van der Waals surface area contributed by atoms with Crippen LogP contribution in [0.3, 0.4) is 0 Å². The van der Waals surface area contributed by atoms with Crippen LogP contribution in [0.25, 0.3) is 0 Å². The van der Waals surface area contributed by atoms with Crippen molar-refractivity contribution in [3.63, 3.8) is 0 Å². The Balaban J connectivity index is 4.07. The van der Waals surface area contributed by atoms with Gasteiger partial charge >= 0.3 is 19.8 Å². The molecule has 0 aliphatic heterocycles. The number of esters is 2. The number of ether oxygens (including phenoxy) is 2. The number of likely N-dealkylation sites (N-methyl/N-ethyl adjacent to an activating group) is 1. The highest BCUT2D eigenvalue weighted by atomic mass is 31.2. The van der Waals surface area contributed by atoms with Gasteiger partial charge in [0.2, 0.25) is 0 Å². The number of unbranched alkanes of at least 4 members (excludes halogenated alkanes) is 40. The molecule has 0 aliphatic rings. The summed E-state index contributed by atoms with van der Waals surface area (Å²) >= 11 is 0. The molecule has 72 heavy (non-hydrogen) atoms. The average Bonchev–Trinajstić information content (AvgIpc) is 3.34. The van der Waals surface area contributed by atoms with Gasteiger partial charge in [0.15, 0.2) is 6.10 Å². The molecule has 0 bridgehead atoms. The summed E-state index contributed by atoms with van der Waals surface area (Å²) in [5, 5.41) is 0. The van der Waals surface area contributed by atoms with Gasteiger partial charge in [-0.3, -0.25) is 18.6 Å². The van der Waals surface area contributed by atoms with Crippen molar-refractivity contribution in [2.45, 2.75) is 315 Å². The molecule has 1 N–H and O–H groups in total. The number of phosphoric acid groups is 1. The first-order chi connectivity index (χ1) is 35.0. The Kier molecular flexibility index (Phi) is 53.1. The first-order valence-corrected chi connectivity index (χ1v) is 32.6. The van der Waals surface area contributed by atoms with Gasteiger partial charge in [-0.1, -0.05) is 276 Å². The van der Waals surface area contributed by atoms with E-state index in [1.54, 1.807) is 0 Å². The minimum Gasteiger partial charge on any atom is -0.462 e. The van der Waals surface area contributed by atoms with E-state index in [0.717, 1.165) is 44.9 Å². The van der Waals surface area contributed by atoms with E-state index < -0.39 is 26.5 Å². The number of hydrogen-bond acceptors (Lipinski definition) is 7. The normalized spacial score (nSPS) is 13.4. The molecular weight excluding hydrogens is 918 g/mol. The molecule has 0 radical (unpaired) electrons. The number of nitrogens with zero attached hydrogens (tertiary/aromatic N) is 1. The standard InChI is InChI=1S/C62H120NO8P/c1-6-8-10-12-14-16-18-20-22-24-26-28-29-30-31-32-33-35-36-38-40-42-44-46-48-50-52-54-61(64)68-58-60(59-70-72(66,67)69-57-56-63(3,4)5)71-62(65)55-53-51-49-47-45-43-41-39-37-34-27-25-23-21-19-17-15-13-11-9-7-2/h19,21,25,27,60H,6-18,20,22-24,26,28-59H2,1-5H3/p+1/b21-19-,27-25-. The van der Waals surface area contributed by atoms with Crippen LogP contribution in [0.4, 0.5) is 0 Å². The van der Waals surface area contributed by atoms with Gasteiger partial charge in [0.25, 0.3) is 0 Å². The number of hydrogen-bond donors (Lipinski definition) is 1. The fraction of sp³-hybridized carbons (Fsp3) is 0.903. The molecule has 10 heteroatoms. The highest BCUT2D eigenvalue weighted by Crippen LogP contribution is 2.43. The molecule has 2 unspecified atom stereocenters. The summed E-state index contributed by atoms with van der Waals surface area (Å²) in [5.41, 5.74) is 0. The van der Waals surface area contributed by atoms with Crippen LogP contribution in [0.5, 0.6) is 0 Å². The van der Waals surface area contributed by atoms with E-state index in [4.69, 9.17) is 18.5 Å². The third-order valence-electron chi connectivity index (χ3n) is 14.0. The van der Waals surface area contributed by atoms with Gasteiger partial charge < -0.3 is 18.9 Å². The molecule has 0 spiro atoms. The molecule has 0 heterocycles. The molecule has 0 rings (SSSR count). The van der Waals surface area contributed by atoms with Gasteiger partial charge in [-0.15, -0.1) is 0 Å². The van der Waals surface area contributed by atoms with Gasteiger partial charge in [-0.05, 0) is 44.9 Å². The van der Waals surface area contributed by atoms with Crippen molar-refractivity contribution in [3.8, 4) is 0 Å². The first kappa shape index (κ1) is 70.5. The SMILES string of the molecule is CCCCCCC/C=C\C/C=C\CCCCCCCCCCCC(=O)OC(COC(=O)CCCCCCCCCCCCCCCCCCCCCCCCCCCCC)COP(=O)(O)OCC[N+](C)(C)C. The zero-order valence-electron chi connectivity index (χ0n) is 48.4. The molecule has 0 aromatic heterocycles.